The summed E-state index contributed by atoms with van der Waals surface area (Å²) in [5, 5.41) is 3.60. The summed E-state index contributed by atoms with van der Waals surface area (Å²) in [5.41, 5.74) is 5.54. The minimum absolute atomic E-state index is 0.0690. The van der Waals surface area contributed by atoms with Crippen LogP contribution in [0.15, 0.2) is 36.4 Å². The van der Waals surface area contributed by atoms with E-state index >= 15 is 0 Å². The van der Waals surface area contributed by atoms with Gasteiger partial charge in [0.2, 0.25) is 0 Å². The maximum absolute atomic E-state index is 12.5. The summed E-state index contributed by atoms with van der Waals surface area (Å²) in [5.74, 6) is 0. The van der Waals surface area contributed by atoms with E-state index in [1.807, 2.05) is 24.0 Å². The highest BCUT2D eigenvalue weighted by Crippen LogP contribution is 2.24. The van der Waals surface area contributed by atoms with Gasteiger partial charge in [-0.3, -0.25) is 0 Å². The zero-order valence-electron chi connectivity index (χ0n) is 15.0. The van der Waals surface area contributed by atoms with Crippen LogP contribution in [0.1, 0.15) is 16.7 Å². The van der Waals surface area contributed by atoms with Crippen molar-refractivity contribution in [3.63, 3.8) is 0 Å². The molecule has 132 valence electrons. The lowest BCUT2D eigenvalue weighted by Crippen LogP contribution is -2.50. The standard InChI is InChI=1S/C20H24ClN3O/c1-14-4-5-16(3)19(12-14)23-8-10-24(11-9-23)20(25)22-17-7-6-15(2)18(21)13-17/h4-7,12-13H,8-11H2,1-3H3,(H,22,25). The van der Waals surface area contributed by atoms with Crippen molar-refractivity contribution >= 4 is 29.0 Å². The van der Waals surface area contributed by atoms with E-state index in [2.05, 4.69) is 42.3 Å². The predicted molar refractivity (Wildman–Crippen MR) is 105 cm³/mol. The molecule has 5 heteroatoms. The minimum atomic E-state index is -0.0690. The number of nitrogens with zero attached hydrogens (tertiary/aromatic N) is 2. The van der Waals surface area contributed by atoms with Crippen LogP contribution in [0.3, 0.4) is 0 Å². The summed E-state index contributed by atoms with van der Waals surface area (Å²) in [4.78, 5) is 16.7. The lowest BCUT2D eigenvalue weighted by Gasteiger charge is -2.37. The number of carbonyl (C=O) groups is 1. The summed E-state index contributed by atoms with van der Waals surface area (Å²) in [7, 11) is 0. The average Bonchev–Trinajstić information content (AvgIpc) is 2.60. The highest BCUT2D eigenvalue weighted by atomic mass is 35.5. The molecule has 0 radical (unpaired) electrons. The molecule has 0 saturated carbocycles. The SMILES string of the molecule is Cc1ccc(C)c(N2CCN(C(=O)Nc3ccc(C)c(Cl)c3)CC2)c1. The smallest absolute Gasteiger partial charge is 0.321 e. The second-order valence-corrected chi connectivity index (χ2v) is 7.07. The highest BCUT2D eigenvalue weighted by Gasteiger charge is 2.22. The van der Waals surface area contributed by atoms with Gasteiger partial charge in [-0.15, -0.1) is 0 Å². The fourth-order valence-electron chi connectivity index (χ4n) is 3.08. The summed E-state index contributed by atoms with van der Waals surface area (Å²) >= 11 is 6.13. The third kappa shape index (κ3) is 4.07. The Morgan fingerprint density at radius 2 is 1.64 bits per heavy atom. The molecule has 1 saturated heterocycles. The minimum Gasteiger partial charge on any atom is -0.368 e. The second-order valence-electron chi connectivity index (χ2n) is 6.66. The second kappa shape index (κ2) is 7.36. The first-order chi connectivity index (χ1) is 11.9. The van der Waals surface area contributed by atoms with Crippen LogP contribution in [0.2, 0.25) is 5.02 Å². The first-order valence-corrected chi connectivity index (χ1v) is 8.96. The molecule has 0 atom stereocenters. The van der Waals surface area contributed by atoms with E-state index in [0.29, 0.717) is 18.1 Å². The van der Waals surface area contributed by atoms with Crippen LogP contribution in [0, 0.1) is 20.8 Å². The molecule has 0 aromatic heterocycles. The van der Waals surface area contributed by atoms with E-state index in [4.69, 9.17) is 11.6 Å². The number of amides is 2. The quantitative estimate of drug-likeness (QED) is 0.851. The first-order valence-electron chi connectivity index (χ1n) is 8.58. The Labute approximate surface area is 154 Å². The fraction of sp³-hybridized carbons (Fsp3) is 0.350. The Kier molecular flexibility index (Phi) is 5.19. The van der Waals surface area contributed by atoms with Crippen LogP contribution < -0.4 is 10.2 Å². The van der Waals surface area contributed by atoms with Crippen molar-refractivity contribution in [2.75, 3.05) is 36.4 Å². The summed E-state index contributed by atoms with van der Waals surface area (Å²) in [6, 6.07) is 12.0. The van der Waals surface area contributed by atoms with Crippen molar-refractivity contribution < 1.29 is 4.79 Å². The maximum atomic E-state index is 12.5. The predicted octanol–water partition coefficient (Wildman–Crippen LogP) is 4.62. The van der Waals surface area contributed by atoms with Gasteiger partial charge < -0.3 is 15.1 Å². The van der Waals surface area contributed by atoms with Crippen LogP contribution >= 0.6 is 11.6 Å². The Morgan fingerprint density at radius 1 is 0.960 bits per heavy atom. The molecule has 2 amide bonds. The molecule has 4 nitrogen and oxygen atoms in total. The van der Waals surface area contributed by atoms with Gasteiger partial charge in [-0.2, -0.15) is 0 Å². The van der Waals surface area contributed by atoms with Crippen LogP contribution in [-0.4, -0.2) is 37.1 Å². The Morgan fingerprint density at radius 3 is 2.32 bits per heavy atom. The molecule has 1 aliphatic rings. The molecule has 1 aliphatic heterocycles. The largest absolute Gasteiger partial charge is 0.368 e. The van der Waals surface area contributed by atoms with Gasteiger partial charge >= 0.3 is 6.03 Å². The van der Waals surface area contributed by atoms with Gasteiger partial charge in [0.15, 0.2) is 0 Å². The monoisotopic (exact) mass is 357 g/mol. The molecular formula is C20H24ClN3O. The van der Waals surface area contributed by atoms with E-state index in [1.165, 1.54) is 16.8 Å². The zero-order valence-corrected chi connectivity index (χ0v) is 15.7. The highest BCUT2D eigenvalue weighted by molar-refractivity contribution is 6.31. The summed E-state index contributed by atoms with van der Waals surface area (Å²) in [6.07, 6.45) is 0. The fourth-order valence-corrected chi connectivity index (χ4v) is 3.26. The van der Waals surface area contributed by atoms with Crippen molar-refractivity contribution in [2.45, 2.75) is 20.8 Å². The number of urea groups is 1. The van der Waals surface area contributed by atoms with Crippen molar-refractivity contribution in [3.05, 3.63) is 58.1 Å². The van der Waals surface area contributed by atoms with E-state index in [1.54, 1.807) is 6.07 Å². The van der Waals surface area contributed by atoms with Gasteiger partial charge in [0.05, 0.1) is 0 Å². The molecule has 25 heavy (non-hydrogen) atoms. The van der Waals surface area contributed by atoms with Gasteiger partial charge in [0, 0.05) is 42.6 Å². The van der Waals surface area contributed by atoms with Crippen molar-refractivity contribution in [1.82, 2.24) is 4.90 Å². The lowest BCUT2D eigenvalue weighted by atomic mass is 10.1. The molecule has 1 N–H and O–H groups in total. The topological polar surface area (TPSA) is 35.6 Å². The number of anilines is 2. The van der Waals surface area contributed by atoms with Gasteiger partial charge in [-0.25, -0.2) is 4.79 Å². The molecule has 2 aromatic carbocycles. The number of hydrogen-bond acceptors (Lipinski definition) is 2. The van der Waals surface area contributed by atoms with Crippen LogP contribution in [-0.2, 0) is 0 Å². The van der Waals surface area contributed by atoms with E-state index in [9.17, 15) is 4.79 Å². The number of rotatable bonds is 2. The van der Waals surface area contributed by atoms with Crippen LogP contribution in [0.5, 0.6) is 0 Å². The van der Waals surface area contributed by atoms with Crippen molar-refractivity contribution in [3.8, 4) is 0 Å². The molecule has 0 spiro atoms. The number of nitrogens with one attached hydrogen (secondary N) is 1. The molecule has 1 fully saturated rings. The van der Waals surface area contributed by atoms with Crippen LogP contribution in [0.25, 0.3) is 0 Å². The number of hydrogen-bond donors (Lipinski definition) is 1. The summed E-state index contributed by atoms with van der Waals surface area (Å²) in [6.45, 7) is 9.28. The van der Waals surface area contributed by atoms with E-state index in [0.717, 1.165) is 24.3 Å². The molecule has 0 aliphatic carbocycles. The third-order valence-electron chi connectivity index (χ3n) is 4.70. The zero-order chi connectivity index (χ0) is 18.0. The molecular weight excluding hydrogens is 334 g/mol. The van der Waals surface area contributed by atoms with Gasteiger partial charge in [0.25, 0.3) is 0 Å². The van der Waals surface area contributed by atoms with Gasteiger partial charge in [-0.1, -0.05) is 29.8 Å². The van der Waals surface area contributed by atoms with Gasteiger partial charge in [0.1, 0.15) is 0 Å². The number of benzene rings is 2. The Bertz CT molecular complexity index is 783. The molecule has 1 heterocycles. The maximum Gasteiger partial charge on any atom is 0.321 e. The molecule has 2 aromatic rings. The number of carbonyl (C=O) groups excluding carboxylic acids is 1. The number of halogens is 1. The molecule has 0 bridgehead atoms. The average molecular weight is 358 g/mol. The van der Waals surface area contributed by atoms with E-state index in [-0.39, 0.29) is 6.03 Å². The number of piperazine rings is 1. The van der Waals surface area contributed by atoms with Gasteiger partial charge in [-0.05, 0) is 55.7 Å². The number of aryl methyl sites for hydroxylation is 3. The van der Waals surface area contributed by atoms with Crippen molar-refractivity contribution in [1.29, 1.82) is 0 Å². The normalized spacial score (nSPS) is 14.6. The lowest BCUT2D eigenvalue weighted by molar-refractivity contribution is 0.208. The molecule has 0 unspecified atom stereocenters. The Hall–Kier alpha value is -2.20. The third-order valence-corrected chi connectivity index (χ3v) is 5.10. The first kappa shape index (κ1) is 17.6. The summed E-state index contributed by atoms with van der Waals surface area (Å²) < 4.78 is 0. The van der Waals surface area contributed by atoms with Crippen molar-refractivity contribution in [2.24, 2.45) is 0 Å². The van der Waals surface area contributed by atoms with Crippen LogP contribution in [0.4, 0.5) is 16.2 Å². The van der Waals surface area contributed by atoms with E-state index < -0.39 is 0 Å². The Balaban J connectivity index is 1.60. The molecule has 3 rings (SSSR count).